The van der Waals surface area contributed by atoms with Gasteiger partial charge in [-0.1, -0.05) is 103 Å². The quantitative estimate of drug-likeness (QED) is 0.378. The first-order valence-electron chi connectivity index (χ1n) is 9.77. The number of rotatable bonds is 5. The largest absolute Gasteiger partial charge is 0.424 e. The number of hydrogen-bond acceptors (Lipinski definition) is 3. The van der Waals surface area contributed by atoms with E-state index in [1.165, 1.54) is 16.3 Å². The molecule has 0 unspecified atom stereocenters. The van der Waals surface area contributed by atoms with Crippen LogP contribution in [0.2, 0.25) is 0 Å². The van der Waals surface area contributed by atoms with Crippen molar-refractivity contribution in [3.63, 3.8) is 0 Å². The van der Waals surface area contributed by atoms with Gasteiger partial charge in [-0.3, -0.25) is 0 Å². The summed E-state index contributed by atoms with van der Waals surface area (Å²) in [6.45, 7) is 0. The Morgan fingerprint density at radius 3 is 1.97 bits per heavy atom. The molecule has 29 heavy (non-hydrogen) atoms. The van der Waals surface area contributed by atoms with Crippen LogP contribution in [-0.2, 0) is 6.42 Å². The maximum Gasteiger partial charge on any atom is 0.228 e. The van der Waals surface area contributed by atoms with Crippen LogP contribution in [0.25, 0.3) is 10.8 Å². The van der Waals surface area contributed by atoms with Crippen LogP contribution in [-0.4, -0.2) is 10.2 Å². The lowest BCUT2D eigenvalue weighted by Crippen LogP contribution is -2.03. The summed E-state index contributed by atoms with van der Waals surface area (Å²) in [5.41, 5.74) is 3.47. The molecule has 5 aromatic rings. The molecule has 0 bridgehead atoms. The molecule has 3 nitrogen and oxygen atoms in total. The van der Waals surface area contributed by atoms with Gasteiger partial charge in [0.2, 0.25) is 11.8 Å². The first-order valence-corrected chi connectivity index (χ1v) is 9.77. The average molecular weight is 376 g/mol. The lowest BCUT2D eigenvalue weighted by atomic mass is 9.91. The summed E-state index contributed by atoms with van der Waals surface area (Å²) in [5.74, 6) is 1.18. The Labute approximate surface area is 169 Å². The fraction of sp³-hybridized carbons (Fsp3) is 0.0769. The number of benzene rings is 4. The van der Waals surface area contributed by atoms with Crippen LogP contribution in [0.15, 0.2) is 108 Å². The van der Waals surface area contributed by atoms with Crippen molar-refractivity contribution in [3.05, 3.63) is 132 Å². The summed E-state index contributed by atoms with van der Waals surface area (Å²) in [6, 6.07) is 35.3. The van der Waals surface area contributed by atoms with Crippen LogP contribution in [0.1, 0.15) is 34.4 Å². The highest BCUT2D eigenvalue weighted by Crippen LogP contribution is 2.31. The second kappa shape index (κ2) is 7.72. The standard InChI is InChI=1S/C26H20N2O/c1-3-11-20(12-4-1)25(21-13-5-2-6-14-21)26-28-27-24(29-26)18-22-16-9-15-19-10-7-8-17-23(19)22/h1-17,25H,18H2. The predicted octanol–water partition coefficient (Wildman–Crippen LogP) is 5.99. The second-order valence-corrected chi connectivity index (χ2v) is 7.10. The van der Waals surface area contributed by atoms with E-state index < -0.39 is 0 Å². The molecule has 0 radical (unpaired) electrons. The highest BCUT2D eigenvalue weighted by molar-refractivity contribution is 5.85. The zero-order valence-electron chi connectivity index (χ0n) is 15.9. The van der Waals surface area contributed by atoms with Gasteiger partial charge in [0, 0.05) is 0 Å². The third kappa shape index (κ3) is 3.55. The number of hydrogen-bond donors (Lipinski definition) is 0. The van der Waals surface area contributed by atoms with E-state index in [4.69, 9.17) is 4.42 Å². The zero-order chi connectivity index (χ0) is 19.5. The molecule has 140 valence electrons. The van der Waals surface area contributed by atoms with Crippen molar-refractivity contribution in [2.24, 2.45) is 0 Å². The minimum Gasteiger partial charge on any atom is -0.424 e. The average Bonchev–Trinajstić information content (AvgIpc) is 3.24. The first kappa shape index (κ1) is 17.4. The first-order chi connectivity index (χ1) is 14.4. The van der Waals surface area contributed by atoms with Crippen molar-refractivity contribution in [1.29, 1.82) is 0 Å². The Balaban J connectivity index is 1.52. The number of aromatic nitrogens is 2. The van der Waals surface area contributed by atoms with Gasteiger partial charge in [0.1, 0.15) is 0 Å². The van der Waals surface area contributed by atoms with E-state index in [1.54, 1.807) is 0 Å². The maximum absolute atomic E-state index is 6.19. The van der Waals surface area contributed by atoms with E-state index in [0.29, 0.717) is 18.2 Å². The van der Waals surface area contributed by atoms with Crippen molar-refractivity contribution in [3.8, 4) is 0 Å². The third-order valence-corrected chi connectivity index (χ3v) is 5.22. The van der Waals surface area contributed by atoms with Crippen LogP contribution >= 0.6 is 0 Å². The molecule has 4 aromatic carbocycles. The highest BCUT2D eigenvalue weighted by atomic mass is 16.4. The van der Waals surface area contributed by atoms with Gasteiger partial charge in [0.05, 0.1) is 12.3 Å². The minimum atomic E-state index is -0.0776. The Morgan fingerprint density at radius 1 is 0.621 bits per heavy atom. The van der Waals surface area contributed by atoms with Gasteiger partial charge in [-0.05, 0) is 27.5 Å². The molecule has 0 aliphatic rings. The molecule has 1 heterocycles. The lowest BCUT2D eigenvalue weighted by Gasteiger charge is -2.14. The topological polar surface area (TPSA) is 38.9 Å². The lowest BCUT2D eigenvalue weighted by molar-refractivity contribution is 0.452. The molecule has 0 aliphatic carbocycles. The highest BCUT2D eigenvalue weighted by Gasteiger charge is 2.23. The van der Waals surface area contributed by atoms with Gasteiger partial charge >= 0.3 is 0 Å². The van der Waals surface area contributed by atoms with Crippen molar-refractivity contribution in [2.75, 3.05) is 0 Å². The van der Waals surface area contributed by atoms with Crippen LogP contribution in [0, 0.1) is 0 Å². The molecule has 0 aliphatic heterocycles. The maximum atomic E-state index is 6.19. The van der Waals surface area contributed by atoms with Crippen LogP contribution < -0.4 is 0 Å². The monoisotopic (exact) mass is 376 g/mol. The molecule has 0 atom stereocenters. The summed E-state index contributed by atoms with van der Waals surface area (Å²) in [7, 11) is 0. The van der Waals surface area contributed by atoms with Gasteiger partial charge < -0.3 is 4.42 Å². The number of nitrogens with zero attached hydrogens (tertiary/aromatic N) is 2. The normalized spacial score (nSPS) is 11.2. The number of fused-ring (bicyclic) bond motifs is 1. The molecule has 5 rings (SSSR count). The molecule has 3 heteroatoms. The smallest absolute Gasteiger partial charge is 0.228 e. The molecule has 0 saturated carbocycles. The van der Waals surface area contributed by atoms with E-state index in [1.807, 2.05) is 36.4 Å². The Kier molecular flexibility index (Phi) is 4.63. The molecule has 1 aromatic heterocycles. The van der Waals surface area contributed by atoms with Crippen molar-refractivity contribution in [2.45, 2.75) is 12.3 Å². The summed E-state index contributed by atoms with van der Waals surface area (Å²) in [4.78, 5) is 0. The van der Waals surface area contributed by atoms with E-state index in [9.17, 15) is 0 Å². The van der Waals surface area contributed by atoms with Crippen molar-refractivity contribution in [1.82, 2.24) is 10.2 Å². The van der Waals surface area contributed by atoms with Gasteiger partial charge in [-0.15, -0.1) is 10.2 Å². The van der Waals surface area contributed by atoms with E-state index in [-0.39, 0.29) is 5.92 Å². The van der Waals surface area contributed by atoms with E-state index in [2.05, 4.69) is 76.9 Å². The molecular formula is C26H20N2O. The van der Waals surface area contributed by atoms with Gasteiger partial charge in [0.25, 0.3) is 0 Å². The van der Waals surface area contributed by atoms with Gasteiger partial charge in [-0.2, -0.15) is 0 Å². The van der Waals surface area contributed by atoms with Crippen LogP contribution in [0.4, 0.5) is 0 Å². The zero-order valence-corrected chi connectivity index (χ0v) is 15.9. The molecule has 0 spiro atoms. The molecule has 0 amide bonds. The Hall–Kier alpha value is -3.72. The summed E-state index contributed by atoms with van der Waals surface area (Å²) < 4.78 is 6.19. The molecule has 0 saturated heterocycles. The third-order valence-electron chi connectivity index (χ3n) is 5.22. The van der Waals surface area contributed by atoms with Gasteiger partial charge in [0.15, 0.2) is 0 Å². The fourth-order valence-corrected chi connectivity index (χ4v) is 3.83. The Bertz CT molecular complexity index is 1180. The molecular weight excluding hydrogens is 356 g/mol. The van der Waals surface area contributed by atoms with Crippen LogP contribution in [0.3, 0.4) is 0 Å². The minimum absolute atomic E-state index is 0.0776. The second-order valence-electron chi connectivity index (χ2n) is 7.10. The molecule has 0 N–H and O–H groups in total. The fourth-order valence-electron chi connectivity index (χ4n) is 3.83. The van der Waals surface area contributed by atoms with Gasteiger partial charge in [-0.25, -0.2) is 0 Å². The summed E-state index contributed by atoms with van der Waals surface area (Å²) in [6.07, 6.45) is 0.616. The SMILES string of the molecule is c1ccc(C(c2ccccc2)c2nnc(Cc3cccc4ccccc34)o2)cc1. The van der Waals surface area contributed by atoms with Crippen molar-refractivity contribution < 1.29 is 4.42 Å². The summed E-state index contributed by atoms with van der Waals surface area (Å²) in [5, 5.41) is 11.2. The summed E-state index contributed by atoms with van der Waals surface area (Å²) >= 11 is 0. The molecule has 0 fully saturated rings. The van der Waals surface area contributed by atoms with E-state index in [0.717, 1.165) is 11.1 Å². The van der Waals surface area contributed by atoms with Crippen molar-refractivity contribution >= 4 is 10.8 Å². The van der Waals surface area contributed by atoms with Crippen LogP contribution in [0.5, 0.6) is 0 Å². The predicted molar refractivity (Wildman–Crippen MR) is 115 cm³/mol. The Morgan fingerprint density at radius 2 is 1.24 bits per heavy atom. The van der Waals surface area contributed by atoms with E-state index >= 15 is 0 Å².